The van der Waals surface area contributed by atoms with Crippen molar-refractivity contribution in [3.8, 4) is 0 Å². The normalized spacial score (nSPS) is 13.4. The standard InChI is InChI=1S/C9H21NO/c1-3-5-6-9(4-2)10-7-8-11/h9-11H,3-8H2,1-2H3. The van der Waals surface area contributed by atoms with E-state index in [4.69, 9.17) is 5.11 Å². The molecule has 2 nitrogen and oxygen atoms in total. The van der Waals surface area contributed by atoms with Crippen molar-refractivity contribution in [2.75, 3.05) is 13.2 Å². The number of hydrogen-bond donors (Lipinski definition) is 2. The van der Waals surface area contributed by atoms with E-state index in [1.807, 2.05) is 0 Å². The summed E-state index contributed by atoms with van der Waals surface area (Å²) in [5, 5.41) is 11.9. The summed E-state index contributed by atoms with van der Waals surface area (Å²) in [5.41, 5.74) is 0. The second-order valence-electron chi connectivity index (χ2n) is 2.93. The second kappa shape index (κ2) is 8.02. The van der Waals surface area contributed by atoms with Crippen LogP contribution < -0.4 is 5.32 Å². The van der Waals surface area contributed by atoms with E-state index in [0.717, 1.165) is 6.54 Å². The molecule has 0 aromatic heterocycles. The Labute approximate surface area is 70.0 Å². The van der Waals surface area contributed by atoms with Crippen LogP contribution >= 0.6 is 0 Å². The lowest BCUT2D eigenvalue weighted by atomic mass is 10.1. The van der Waals surface area contributed by atoms with E-state index >= 15 is 0 Å². The average Bonchev–Trinajstić information content (AvgIpc) is 2.05. The van der Waals surface area contributed by atoms with Gasteiger partial charge in [-0.15, -0.1) is 0 Å². The minimum atomic E-state index is 0.253. The summed E-state index contributed by atoms with van der Waals surface area (Å²) in [7, 11) is 0. The molecule has 2 N–H and O–H groups in total. The highest BCUT2D eigenvalue weighted by molar-refractivity contribution is 4.63. The molecule has 0 spiro atoms. The molecule has 0 bridgehead atoms. The number of nitrogens with one attached hydrogen (secondary N) is 1. The van der Waals surface area contributed by atoms with E-state index in [-0.39, 0.29) is 6.61 Å². The molecular weight excluding hydrogens is 138 g/mol. The van der Waals surface area contributed by atoms with Crippen LogP contribution in [0, 0.1) is 0 Å². The maximum atomic E-state index is 8.57. The molecule has 0 rings (SSSR count). The lowest BCUT2D eigenvalue weighted by Crippen LogP contribution is -2.30. The molecule has 2 heteroatoms. The summed E-state index contributed by atoms with van der Waals surface area (Å²) in [6.45, 7) is 5.38. The van der Waals surface area contributed by atoms with Crippen LogP contribution in [0.1, 0.15) is 39.5 Å². The predicted octanol–water partition coefficient (Wildman–Crippen LogP) is 1.54. The quantitative estimate of drug-likeness (QED) is 0.590. The minimum absolute atomic E-state index is 0.253. The first-order valence-electron chi connectivity index (χ1n) is 4.69. The van der Waals surface area contributed by atoms with Gasteiger partial charge < -0.3 is 10.4 Å². The SMILES string of the molecule is CCCCC(CC)NCCO. The third-order valence-electron chi connectivity index (χ3n) is 1.94. The Morgan fingerprint density at radius 1 is 1.36 bits per heavy atom. The lowest BCUT2D eigenvalue weighted by molar-refractivity contribution is 0.280. The van der Waals surface area contributed by atoms with Crippen molar-refractivity contribution in [3.63, 3.8) is 0 Å². The summed E-state index contributed by atoms with van der Waals surface area (Å²) < 4.78 is 0. The van der Waals surface area contributed by atoms with Gasteiger partial charge in [-0.3, -0.25) is 0 Å². The molecule has 0 fully saturated rings. The number of unbranched alkanes of at least 4 members (excludes halogenated alkanes) is 1. The Balaban J connectivity index is 3.25. The van der Waals surface area contributed by atoms with Crippen molar-refractivity contribution in [2.45, 2.75) is 45.6 Å². The Bertz CT molecular complexity index is 68.0. The summed E-state index contributed by atoms with van der Waals surface area (Å²) in [5.74, 6) is 0. The van der Waals surface area contributed by atoms with E-state index < -0.39 is 0 Å². The molecule has 0 aromatic carbocycles. The van der Waals surface area contributed by atoms with Gasteiger partial charge in [-0.2, -0.15) is 0 Å². The molecule has 0 heterocycles. The highest BCUT2D eigenvalue weighted by atomic mass is 16.3. The molecule has 0 saturated carbocycles. The molecule has 1 atom stereocenters. The molecule has 0 radical (unpaired) electrons. The van der Waals surface area contributed by atoms with E-state index in [9.17, 15) is 0 Å². The van der Waals surface area contributed by atoms with Crippen LogP contribution in [0.15, 0.2) is 0 Å². The van der Waals surface area contributed by atoms with Gasteiger partial charge in [-0.25, -0.2) is 0 Å². The van der Waals surface area contributed by atoms with Gasteiger partial charge >= 0.3 is 0 Å². The van der Waals surface area contributed by atoms with E-state index in [2.05, 4.69) is 19.2 Å². The van der Waals surface area contributed by atoms with Crippen LogP contribution in [0.2, 0.25) is 0 Å². The van der Waals surface area contributed by atoms with Crippen LogP contribution in [-0.4, -0.2) is 24.3 Å². The molecule has 0 saturated heterocycles. The van der Waals surface area contributed by atoms with Gasteiger partial charge in [0.15, 0.2) is 0 Å². The van der Waals surface area contributed by atoms with Crippen LogP contribution in [0.5, 0.6) is 0 Å². The zero-order valence-electron chi connectivity index (χ0n) is 7.77. The topological polar surface area (TPSA) is 32.3 Å². The monoisotopic (exact) mass is 159 g/mol. The molecular formula is C9H21NO. The Morgan fingerprint density at radius 3 is 2.55 bits per heavy atom. The number of rotatable bonds is 7. The second-order valence-corrected chi connectivity index (χ2v) is 2.93. The maximum absolute atomic E-state index is 8.57. The fraction of sp³-hybridized carbons (Fsp3) is 1.00. The van der Waals surface area contributed by atoms with Crippen molar-refractivity contribution >= 4 is 0 Å². The molecule has 0 amide bonds. The fourth-order valence-electron chi connectivity index (χ4n) is 1.17. The smallest absolute Gasteiger partial charge is 0.0556 e. The van der Waals surface area contributed by atoms with E-state index in [1.54, 1.807) is 0 Å². The minimum Gasteiger partial charge on any atom is -0.395 e. The predicted molar refractivity (Wildman–Crippen MR) is 48.7 cm³/mol. The van der Waals surface area contributed by atoms with Gasteiger partial charge in [-0.05, 0) is 12.8 Å². The zero-order valence-corrected chi connectivity index (χ0v) is 7.77. The first kappa shape index (κ1) is 10.9. The summed E-state index contributed by atoms with van der Waals surface area (Å²) in [6.07, 6.45) is 4.96. The molecule has 0 aliphatic carbocycles. The highest BCUT2D eigenvalue weighted by Crippen LogP contribution is 2.02. The van der Waals surface area contributed by atoms with Crippen LogP contribution in [0.4, 0.5) is 0 Å². The van der Waals surface area contributed by atoms with Crippen LogP contribution in [0.25, 0.3) is 0 Å². The van der Waals surface area contributed by atoms with E-state index in [1.165, 1.54) is 25.7 Å². The third-order valence-corrected chi connectivity index (χ3v) is 1.94. The molecule has 68 valence electrons. The largest absolute Gasteiger partial charge is 0.395 e. The van der Waals surface area contributed by atoms with Crippen molar-refractivity contribution < 1.29 is 5.11 Å². The van der Waals surface area contributed by atoms with Crippen LogP contribution in [-0.2, 0) is 0 Å². The first-order chi connectivity index (χ1) is 5.35. The summed E-state index contributed by atoms with van der Waals surface area (Å²) in [6, 6.07) is 0.613. The molecule has 0 aromatic rings. The van der Waals surface area contributed by atoms with Crippen molar-refractivity contribution in [1.82, 2.24) is 5.32 Å². The zero-order chi connectivity index (χ0) is 8.53. The van der Waals surface area contributed by atoms with Gasteiger partial charge in [0, 0.05) is 12.6 Å². The maximum Gasteiger partial charge on any atom is 0.0556 e. The Kier molecular flexibility index (Phi) is 7.96. The van der Waals surface area contributed by atoms with Gasteiger partial charge in [0.1, 0.15) is 0 Å². The lowest BCUT2D eigenvalue weighted by Gasteiger charge is -2.15. The average molecular weight is 159 g/mol. The Hall–Kier alpha value is -0.0800. The highest BCUT2D eigenvalue weighted by Gasteiger charge is 2.02. The Morgan fingerprint density at radius 2 is 2.09 bits per heavy atom. The van der Waals surface area contributed by atoms with Crippen molar-refractivity contribution in [3.05, 3.63) is 0 Å². The fourth-order valence-corrected chi connectivity index (χ4v) is 1.17. The summed E-state index contributed by atoms with van der Waals surface area (Å²) in [4.78, 5) is 0. The number of aliphatic hydroxyl groups is 1. The molecule has 1 unspecified atom stereocenters. The molecule has 11 heavy (non-hydrogen) atoms. The molecule has 0 aliphatic heterocycles. The van der Waals surface area contributed by atoms with Gasteiger partial charge in [-0.1, -0.05) is 26.7 Å². The van der Waals surface area contributed by atoms with Crippen molar-refractivity contribution in [1.29, 1.82) is 0 Å². The number of aliphatic hydroxyl groups excluding tert-OH is 1. The third kappa shape index (κ3) is 6.32. The van der Waals surface area contributed by atoms with Crippen LogP contribution in [0.3, 0.4) is 0 Å². The van der Waals surface area contributed by atoms with E-state index in [0.29, 0.717) is 6.04 Å². The van der Waals surface area contributed by atoms with Gasteiger partial charge in [0.05, 0.1) is 6.61 Å². The van der Waals surface area contributed by atoms with Crippen molar-refractivity contribution in [2.24, 2.45) is 0 Å². The number of hydrogen-bond acceptors (Lipinski definition) is 2. The first-order valence-corrected chi connectivity index (χ1v) is 4.69. The van der Waals surface area contributed by atoms with Gasteiger partial charge in [0.2, 0.25) is 0 Å². The molecule has 0 aliphatic rings. The van der Waals surface area contributed by atoms with Gasteiger partial charge in [0.25, 0.3) is 0 Å². The summed E-state index contributed by atoms with van der Waals surface area (Å²) >= 11 is 0.